The molecular formula is C13H17N7S. The Balaban J connectivity index is 1.59. The molecule has 0 saturated heterocycles. The second-order valence-corrected chi connectivity index (χ2v) is 6.70. The molecule has 0 amide bonds. The first-order chi connectivity index (χ1) is 10.3. The Bertz CT molecular complexity index is 646. The van der Waals surface area contributed by atoms with Crippen molar-refractivity contribution in [3.05, 3.63) is 11.9 Å². The molecule has 2 saturated carbocycles. The minimum atomic E-state index is 0.421. The number of tetrazole rings is 1. The van der Waals surface area contributed by atoms with Crippen molar-refractivity contribution in [2.75, 3.05) is 5.73 Å². The Morgan fingerprint density at radius 3 is 2.71 bits per heavy atom. The zero-order chi connectivity index (χ0) is 14.2. The normalized spacial score (nSPS) is 19.2. The fourth-order valence-corrected chi connectivity index (χ4v) is 3.62. The van der Waals surface area contributed by atoms with Crippen molar-refractivity contribution in [2.24, 2.45) is 0 Å². The molecule has 0 atom stereocenters. The number of hydrogen-bond donors (Lipinski definition) is 1. The number of nitrogens with zero attached hydrogens (tertiary/aromatic N) is 6. The second kappa shape index (κ2) is 5.25. The van der Waals surface area contributed by atoms with Crippen LogP contribution in [-0.2, 0) is 0 Å². The molecule has 2 aliphatic carbocycles. The summed E-state index contributed by atoms with van der Waals surface area (Å²) in [5.74, 6) is 1.87. The van der Waals surface area contributed by atoms with Gasteiger partial charge in [0.05, 0.1) is 6.04 Å². The van der Waals surface area contributed by atoms with Crippen LogP contribution in [0.1, 0.15) is 56.3 Å². The summed E-state index contributed by atoms with van der Waals surface area (Å²) in [6.07, 6.45) is 7.12. The fourth-order valence-electron chi connectivity index (χ4n) is 2.76. The van der Waals surface area contributed by atoms with E-state index in [9.17, 15) is 0 Å². The van der Waals surface area contributed by atoms with E-state index in [4.69, 9.17) is 5.73 Å². The number of anilines is 1. The topological polar surface area (TPSA) is 95.4 Å². The van der Waals surface area contributed by atoms with Crippen LogP contribution in [0, 0.1) is 0 Å². The summed E-state index contributed by atoms with van der Waals surface area (Å²) in [5, 5.41) is 13.7. The van der Waals surface area contributed by atoms with E-state index in [2.05, 4.69) is 25.5 Å². The van der Waals surface area contributed by atoms with Gasteiger partial charge in [-0.3, -0.25) is 0 Å². The summed E-state index contributed by atoms with van der Waals surface area (Å²) in [5.41, 5.74) is 5.89. The molecule has 2 aromatic heterocycles. The lowest BCUT2D eigenvalue weighted by Crippen LogP contribution is -2.08. The molecule has 0 spiro atoms. The van der Waals surface area contributed by atoms with Crippen LogP contribution < -0.4 is 5.73 Å². The zero-order valence-corrected chi connectivity index (χ0v) is 12.5. The van der Waals surface area contributed by atoms with E-state index in [1.54, 1.807) is 6.07 Å². The lowest BCUT2D eigenvalue weighted by molar-refractivity contribution is 0.423. The van der Waals surface area contributed by atoms with Crippen LogP contribution in [0.5, 0.6) is 0 Å². The van der Waals surface area contributed by atoms with Gasteiger partial charge in [-0.1, -0.05) is 12.8 Å². The third kappa shape index (κ3) is 2.72. The highest BCUT2D eigenvalue weighted by Crippen LogP contribution is 2.39. The Kier molecular flexibility index (Phi) is 3.25. The fraction of sp³-hybridized carbons (Fsp3) is 0.615. The minimum absolute atomic E-state index is 0.421. The summed E-state index contributed by atoms with van der Waals surface area (Å²) in [4.78, 5) is 8.92. The number of aromatic nitrogens is 6. The van der Waals surface area contributed by atoms with Crippen molar-refractivity contribution in [3.63, 3.8) is 0 Å². The van der Waals surface area contributed by atoms with Crippen LogP contribution in [0.15, 0.2) is 16.2 Å². The van der Waals surface area contributed by atoms with E-state index in [0.717, 1.165) is 41.7 Å². The van der Waals surface area contributed by atoms with E-state index >= 15 is 0 Å². The summed E-state index contributed by atoms with van der Waals surface area (Å²) in [7, 11) is 0. The predicted molar refractivity (Wildman–Crippen MR) is 77.9 cm³/mol. The van der Waals surface area contributed by atoms with Gasteiger partial charge in [0, 0.05) is 12.0 Å². The van der Waals surface area contributed by atoms with Crippen molar-refractivity contribution >= 4 is 17.6 Å². The van der Waals surface area contributed by atoms with E-state index in [1.165, 1.54) is 24.6 Å². The van der Waals surface area contributed by atoms with Gasteiger partial charge in [0.15, 0.2) is 0 Å². The molecule has 0 unspecified atom stereocenters. The number of rotatable bonds is 4. The summed E-state index contributed by atoms with van der Waals surface area (Å²) < 4.78 is 1.94. The van der Waals surface area contributed by atoms with Gasteiger partial charge in [-0.05, 0) is 47.9 Å². The van der Waals surface area contributed by atoms with Crippen molar-refractivity contribution in [2.45, 2.75) is 60.7 Å². The molecule has 8 heteroatoms. The molecule has 110 valence electrons. The van der Waals surface area contributed by atoms with Crippen LogP contribution >= 0.6 is 11.8 Å². The molecule has 21 heavy (non-hydrogen) atoms. The van der Waals surface area contributed by atoms with Gasteiger partial charge < -0.3 is 5.73 Å². The first-order valence-electron chi connectivity index (χ1n) is 7.40. The number of nitrogens with two attached hydrogens (primary N) is 1. The van der Waals surface area contributed by atoms with Crippen LogP contribution in [0.25, 0.3) is 0 Å². The summed E-state index contributed by atoms with van der Waals surface area (Å²) in [6.45, 7) is 0. The molecule has 2 aliphatic rings. The molecule has 0 bridgehead atoms. The van der Waals surface area contributed by atoms with Gasteiger partial charge in [-0.2, -0.15) is 0 Å². The van der Waals surface area contributed by atoms with Gasteiger partial charge in [-0.25, -0.2) is 14.6 Å². The predicted octanol–water partition coefficient (Wildman–Crippen LogP) is 2.19. The minimum Gasteiger partial charge on any atom is -0.384 e. The van der Waals surface area contributed by atoms with Gasteiger partial charge in [0.1, 0.15) is 16.7 Å². The third-order valence-corrected chi connectivity index (χ3v) is 4.88. The molecule has 2 fully saturated rings. The number of hydrogen-bond acceptors (Lipinski definition) is 7. The van der Waals surface area contributed by atoms with Crippen molar-refractivity contribution in [3.8, 4) is 0 Å². The first-order valence-corrected chi connectivity index (χ1v) is 8.21. The SMILES string of the molecule is Nc1cc(Sc2nnnn2C2CCCC2)nc(C2CC2)n1. The van der Waals surface area contributed by atoms with Crippen molar-refractivity contribution < 1.29 is 0 Å². The number of nitrogen functional groups attached to an aromatic ring is 1. The maximum atomic E-state index is 5.89. The van der Waals surface area contributed by atoms with Gasteiger partial charge in [0.25, 0.3) is 0 Å². The van der Waals surface area contributed by atoms with Crippen molar-refractivity contribution in [1.29, 1.82) is 0 Å². The second-order valence-electron chi connectivity index (χ2n) is 5.71. The maximum absolute atomic E-state index is 5.89. The molecule has 0 radical (unpaired) electrons. The standard InChI is InChI=1S/C13H17N7S/c14-10-7-11(16-12(15-10)8-5-6-8)21-13-17-18-19-20(13)9-3-1-2-4-9/h7-9H,1-6H2,(H2,14,15,16). The molecule has 4 rings (SSSR count). The molecular weight excluding hydrogens is 286 g/mol. The lowest BCUT2D eigenvalue weighted by atomic mass is 10.3. The molecule has 2 N–H and O–H groups in total. The Hall–Kier alpha value is -1.70. The maximum Gasteiger partial charge on any atom is 0.215 e. The van der Waals surface area contributed by atoms with Gasteiger partial charge in [0.2, 0.25) is 5.16 Å². The first kappa shape index (κ1) is 13.0. The zero-order valence-electron chi connectivity index (χ0n) is 11.6. The highest BCUT2D eigenvalue weighted by atomic mass is 32.2. The quantitative estimate of drug-likeness (QED) is 0.865. The van der Waals surface area contributed by atoms with Gasteiger partial charge >= 0.3 is 0 Å². The average molecular weight is 303 g/mol. The molecule has 0 aromatic carbocycles. The van der Waals surface area contributed by atoms with Crippen LogP contribution in [0.3, 0.4) is 0 Å². The van der Waals surface area contributed by atoms with E-state index in [-0.39, 0.29) is 0 Å². The van der Waals surface area contributed by atoms with E-state index in [1.807, 2.05) is 4.68 Å². The average Bonchev–Trinajstić information content (AvgIpc) is 2.98. The summed E-state index contributed by atoms with van der Waals surface area (Å²) >= 11 is 1.48. The van der Waals surface area contributed by atoms with E-state index in [0.29, 0.717) is 17.8 Å². The Morgan fingerprint density at radius 1 is 1.14 bits per heavy atom. The Morgan fingerprint density at radius 2 is 1.95 bits per heavy atom. The molecule has 2 heterocycles. The molecule has 7 nitrogen and oxygen atoms in total. The molecule has 0 aliphatic heterocycles. The molecule has 2 aromatic rings. The van der Waals surface area contributed by atoms with E-state index < -0.39 is 0 Å². The van der Waals surface area contributed by atoms with Crippen molar-refractivity contribution in [1.82, 2.24) is 30.2 Å². The largest absolute Gasteiger partial charge is 0.384 e. The highest BCUT2D eigenvalue weighted by molar-refractivity contribution is 7.99. The Labute approximate surface area is 126 Å². The van der Waals surface area contributed by atoms with Crippen LogP contribution in [0.4, 0.5) is 5.82 Å². The lowest BCUT2D eigenvalue weighted by Gasteiger charge is -2.10. The monoisotopic (exact) mass is 303 g/mol. The van der Waals surface area contributed by atoms with Gasteiger partial charge in [-0.15, -0.1) is 5.10 Å². The highest BCUT2D eigenvalue weighted by Gasteiger charge is 2.28. The van der Waals surface area contributed by atoms with Crippen LogP contribution in [-0.4, -0.2) is 30.2 Å². The third-order valence-electron chi connectivity index (χ3n) is 4.01. The smallest absolute Gasteiger partial charge is 0.215 e. The van der Waals surface area contributed by atoms with Crippen LogP contribution in [0.2, 0.25) is 0 Å². The summed E-state index contributed by atoms with van der Waals surface area (Å²) in [6, 6.07) is 2.22.